The summed E-state index contributed by atoms with van der Waals surface area (Å²) in [6, 6.07) is 23.2. The number of ether oxygens (including phenoxy) is 2. The molecule has 43 heavy (non-hydrogen) atoms. The van der Waals surface area contributed by atoms with E-state index < -0.39 is 35.5 Å². The highest BCUT2D eigenvalue weighted by molar-refractivity contribution is 5.89. The molecule has 0 spiro atoms. The van der Waals surface area contributed by atoms with Crippen molar-refractivity contribution in [3.8, 4) is 5.75 Å². The van der Waals surface area contributed by atoms with Gasteiger partial charge in [0, 0.05) is 31.2 Å². The molecule has 4 rings (SSSR count). The van der Waals surface area contributed by atoms with Crippen LogP contribution in [0.3, 0.4) is 0 Å². The average molecular weight is 587 g/mol. The van der Waals surface area contributed by atoms with E-state index in [0.717, 1.165) is 16.9 Å². The van der Waals surface area contributed by atoms with Gasteiger partial charge in [0.1, 0.15) is 11.8 Å². The first-order chi connectivity index (χ1) is 20.3. The predicted molar refractivity (Wildman–Crippen MR) is 169 cm³/mol. The Kier molecular flexibility index (Phi) is 9.67. The van der Waals surface area contributed by atoms with Gasteiger partial charge in [0.25, 0.3) is 5.91 Å². The van der Waals surface area contributed by atoms with Crippen LogP contribution in [0.2, 0.25) is 0 Å². The molecule has 1 aliphatic rings. The number of methoxy groups -OCH3 is 2. The second-order valence-corrected chi connectivity index (χ2v) is 13.5. The Bertz CT molecular complexity index is 1390. The van der Waals surface area contributed by atoms with Crippen LogP contribution in [0.15, 0.2) is 78.9 Å². The fourth-order valence-electron chi connectivity index (χ4n) is 6.48. The summed E-state index contributed by atoms with van der Waals surface area (Å²) < 4.78 is 11.5. The summed E-state index contributed by atoms with van der Waals surface area (Å²) in [5, 5.41) is 14.5. The van der Waals surface area contributed by atoms with Crippen LogP contribution >= 0.6 is 0 Å². The van der Waals surface area contributed by atoms with E-state index in [1.54, 1.807) is 12.0 Å². The molecule has 7 heteroatoms. The number of benzene rings is 3. The van der Waals surface area contributed by atoms with Crippen molar-refractivity contribution >= 4 is 11.9 Å². The van der Waals surface area contributed by atoms with Gasteiger partial charge >= 0.3 is 5.97 Å². The van der Waals surface area contributed by atoms with Crippen LogP contribution in [0.5, 0.6) is 5.75 Å². The zero-order chi connectivity index (χ0) is 31.5. The number of amides is 1. The number of carboxylic acid groups (broad SMARTS) is 1. The summed E-state index contributed by atoms with van der Waals surface area (Å²) >= 11 is 0. The lowest BCUT2D eigenvalue weighted by molar-refractivity contribution is -0.157. The number of hydrogen-bond donors (Lipinski definition) is 2. The molecule has 3 aromatic carbocycles. The SMILES string of the molecule is COc1ccc(C(C)(C)C)cc1CN[C@H]1[C@H](C(C)(C)C)[C@@H](C(=O)O)N(C(=O)C(OC)c2ccccc2)[C@H]1c1ccccc1. The van der Waals surface area contributed by atoms with Crippen LogP contribution in [0, 0.1) is 11.3 Å². The zero-order valence-electron chi connectivity index (χ0n) is 26.6. The molecule has 1 heterocycles. The second-order valence-electron chi connectivity index (χ2n) is 13.5. The van der Waals surface area contributed by atoms with Gasteiger partial charge in [0.2, 0.25) is 0 Å². The lowest BCUT2D eigenvalue weighted by atomic mass is 9.72. The molecule has 1 unspecified atom stereocenters. The smallest absolute Gasteiger partial charge is 0.326 e. The van der Waals surface area contributed by atoms with E-state index in [0.29, 0.717) is 12.1 Å². The van der Waals surface area contributed by atoms with Gasteiger partial charge in [-0.1, -0.05) is 114 Å². The Balaban J connectivity index is 1.86. The fraction of sp³-hybridized carbons (Fsp3) is 0.444. The van der Waals surface area contributed by atoms with Gasteiger partial charge in [-0.15, -0.1) is 0 Å². The number of nitrogens with zero attached hydrogens (tertiary/aromatic N) is 1. The summed E-state index contributed by atoms with van der Waals surface area (Å²) in [6.45, 7) is 13.1. The Morgan fingerprint density at radius 1 is 0.907 bits per heavy atom. The first kappa shape index (κ1) is 32.2. The first-order valence-corrected chi connectivity index (χ1v) is 14.9. The molecule has 1 aliphatic heterocycles. The predicted octanol–water partition coefficient (Wildman–Crippen LogP) is 6.54. The Hall–Kier alpha value is -3.68. The lowest BCUT2D eigenvalue weighted by Crippen LogP contribution is -2.49. The number of aliphatic carboxylic acids is 1. The van der Waals surface area contributed by atoms with E-state index in [4.69, 9.17) is 9.47 Å². The third-order valence-corrected chi connectivity index (χ3v) is 8.55. The molecule has 0 radical (unpaired) electrons. The summed E-state index contributed by atoms with van der Waals surface area (Å²) in [5.41, 5.74) is 3.18. The third kappa shape index (κ3) is 6.78. The molecule has 2 N–H and O–H groups in total. The molecule has 3 aromatic rings. The van der Waals surface area contributed by atoms with Crippen molar-refractivity contribution in [2.75, 3.05) is 14.2 Å². The first-order valence-electron chi connectivity index (χ1n) is 14.9. The van der Waals surface area contributed by atoms with Gasteiger partial charge in [-0.3, -0.25) is 4.79 Å². The molecule has 1 saturated heterocycles. The van der Waals surface area contributed by atoms with E-state index in [1.807, 2.05) is 87.5 Å². The maximum absolute atomic E-state index is 14.5. The highest BCUT2D eigenvalue weighted by Crippen LogP contribution is 2.49. The highest BCUT2D eigenvalue weighted by Gasteiger charge is 2.58. The molecular formula is C36H46N2O5. The van der Waals surface area contributed by atoms with Gasteiger partial charge in [-0.25, -0.2) is 4.79 Å². The number of carbonyl (C=O) groups excluding carboxylic acids is 1. The van der Waals surface area contributed by atoms with Crippen molar-refractivity contribution in [2.45, 2.75) is 77.7 Å². The van der Waals surface area contributed by atoms with Crippen molar-refractivity contribution < 1.29 is 24.2 Å². The van der Waals surface area contributed by atoms with Gasteiger partial charge < -0.3 is 24.8 Å². The van der Waals surface area contributed by atoms with Crippen LogP contribution in [-0.4, -0.2) is 48.2 Å². The van der Waals surface area contributed by atoms with Crippen LogP contribution < -0.4 is 10.1 Å². The normalized spacial score (nSPS) is 21.4. The number of hydrogen-bond acceptors (Lipinski definition) is 5. The molecule has 230 valence electrons. The lowest BCUT2D eigenvalue weighted by Gasteiger charge is -2.35. The summed E-state index contributed by atoms with van der Waals surface area (Å²) in [7, 11) is 3.15. The van der Waals surface area contributed by atoms with Gasteiger partial charge in [0.15, 0.2) is 6.10 Å². The number of carboxylic acids is 1. The molecule has 1 fully saturated rings. The molecule has 1 amide bonds. The van der Waals surface area contributed by atoms with Gasteiger partial charge in [0.05, 0.1) is 13.2 Å². The molecule has 7 nitrogen and oxygen atoms in total. The van der Waals surface area contributed by atoms with Crippen LogP contribution in [-0.2, 0) is 26.3 Å². The Morgan fingerprint density at radius 2 is 1.51 bits per heavy atom. The van der Waals surface area contributed by atoms with E-state index in [9.17, 15) is 14.7 Å². The maximum atomic E-state index is 14.5. The Morgan fingerprint density at radius 3 is 2.02 bits per heavy atom. The molecule has 0 aromatic heterocycles. The average Bonchev–Trinajstić information content (AvgIpc) is 3.33. The Labute approximate surface area is 256 Å². The quantitative estimate of drug-likeness (QED) is 0.296. The van der Waals surface area contributed by atoms with Crippen LogP contribution in [0.1, 0.15) is 75.9 Å². The third-order valence-electron chi connectivity index (χ3n) is 8.55. The van der Waals surface area contributed by atoms with Gasteiger partial charge in [-0.05, 0) is 33.6 Å². The molecular weight excluding hydrogens is 540 g/mol. The van der Waals surface area contributed by atoms with E-state index in [1.165, 1.54) is 12.7 Å². The second kappa shape index (κ2) is 12.9. The summed E-state index contributed by atoms with van der Waals surface area (Å²) in [4.78, 5) is 29.3. The number of rotatable bonds is 9. The summed E-state index contributed by atoms with van der Waals surface area (Å²) in [6.07, 6.45) is -0.947. The van der Waals surface area contributed by atoms with E-state index >= 15 is 0 Å². The topological polar surface area (TPSA) is 88.1 Å². The minimum Gasteiger partial charge on any atom is -0.496 e. The largest absolute Gasteiger partial charge is 0.496 e. The maximum Gasteiger partial charge on any atom is 0.326 e. The number of nitrogens with one attached hydrogen (secondary N) is 1. The molecule has 5 atom stereocenters. The standard InChI is InChI=1S/C36H46N2O5/c1-35(2,3)26-19-20-27(42-7)25(21-26)22-37-29-28(36(4,5)6)31(34(40)41)38(30(29)23-15-11-9-12-16-23)33(39)32(43-8)24-17-13-10-14-18-24/h9-21,28-32,37H,22H2,1-8H3,(H,40,41)/t28-,29-,30-,31-,32?/m0/s1. The summed E-state index contributed by atoms with van der Waals surface area (Å²) in [5.74, 6) is -1.08. The fourth-order valence-corrected chi connectivity index (χ4v) is 6.48. The van der Waals surface area contributed by atoms with Crippen LogP contribution in [0.4, 0.5) is 0 Å². The zero-order valence-corrected chi connectivity index (χ0v) is 26.6. The molecule has 0 aliphatic carbocycles. The van der Waals surface area contributed by atoms with Crippen molar-refractivity contribution in [3.63, 3.8) is 0 Å². The van der Waals surface area contributed by atoms with E-state index in [-0.39, 0.29) is 17.4 Å². The monoisotopic (exact) mass is 586 g/mol. The van der Waals surface area contributed by atoms with Crippen molar-refractivity contribution in [1.82, 2.24) is 10.2 Å². The van der Waals surface area contributed by atoms with Crippen LogP contribution in [0.25, 0.3) is 0 Å². The van der Waals surface area contributed by atoms with Crippen molar-refractivity contribution in [1.29, 1.82) is 0 Å². The van der Waals surface area contributed by atoms with E-state index in [2.05, 4.69) is 38.2 Å². The minimum absolute atomic E-state index is 0.0564. The van der Waals surface area contributed by atoms with Crippen molar-refractivity contribution in [2.24, 2.45) is 11.3 Å². The van der Waals surface area contributed by atoms with Crippen molar-refractivity contribution in [3.05, 3.63) is 101 Å². The van der Waals surface area contributed by atoms with Gasteiger partial charge in [-0.2, -0.15) is 0 Å². The molecule has 0 saturated carbocycles. The highest BCUT2D eigenvalue weighted by atomic mass is 16.5. The minimum atomic E-state index is -1.08. The molecule has 0 bridgehead atoms. The number of carbonyl (C=O) groups is 2. The number of likely N-dealkylation sites (tertiary alicyclic amines) is 1.